The lowest BCUT2D eigenvalue weighted by molar-refractivity contribution is 0.403. The first-order chi connectivity index (χ1) is 13.8. The molecular formula is C21H17N5OS. The Morgan fingerprint density at radius 2 is 1.79 bits per heavy atom. The Hall–Kier alpha value is -3.32. The molecular weight excluding hydrogens is 370 g/mol. The normalized spacial score (nSPS) is 18.0. The largest absolute Gasteiger partial charge is 0.479 e. The highest BCUT2D eigenvalue weighted by Gasteiger charge is 2.37. The molecule has 1 N–H and O–H groups in total. The van der Waals surface area contributed by atoms with Crippen LogP contribution >= 0.6 is 11.7 Å². The van der Waals surface area contributed by atoms with E-state index in [-0.39, 0.29) is 5.41 Å². The monoisotopic (exact) mass is 387 g/mol. The summed E-state index contributed by atoms with van der Waals surface area (Å²) in [5.41, 5.74) is 5.68. The number of nitrogens with zero attached hydrogens (tertiary/aromatic N) is 4. The number of methoxy groups -OCH3 is 1. The van der Waals surface area contributed by atoms with Gasteiger partial charge in [-0.15, -0.1) is 4.37 Å². The van der Waals surface area contributed by atoms with Crippen LogP contribution in [0.5, 0.6) is 5.88 Å². The number of aromatic amines is 1. The highest BCUT2D eigenvalue weighted by atomic mass is 32.1. The molecule has 0 saturated carbocycles. The highest BCUT2D eigenvalue weighted by molar-refractivity contribution is 6.99. The molecule has 0 aliphatic heterocycles. The van der Waals surface area contributed by atoms with Crippen LogP contribution in [0.3, 0.4) is 0 Å². The van der Waals surface area contributed by atoms with Gasteiger partial charge in [0.15, 0.2) is 5.69 Å². The number of H-pyrrole nitrogens is 1. The number of nitrogens with one attached hydrogen (secondary N) is 1. The molecule has 1 atom stereocenters. The van der Waals surface area contributed by atoms with Crippen molar-refractivity contribution in [3.8, 4) is 17.3 Å². The zero-order valence-electron chi connectivity index (χ0n) is 15.2. The number of ether oxygens (including phenoxy) is 1. The molecule has 0 fully saturated rings. The van der Waals surface area contributed by atoms with Crippen molar-refractivity contribution in [2.45, 2.75) is 11.8 Å². The summed E-state index contributed by atoms with van der Waals surface area (Å²) < 4.78 is 13.9. The first-order valence-corrected chi connectivity index (χ1v) is 9.64. The lowest BCUT2D eigenvalue weighted by Gasteiger charge is -2.34. The molecule has 0 bridgehead atoms. The molecule has 0 radical (unpaired) electrons. The van der Waals surface area contributed by atoms with Gasteiger partial charge in [-0.05, 0) is 23.3 Å². The lowest BCUT2D eigenvalue weighted by Crippen LogP contribution is -2.30. The van der Waals surface area contributed by atoms with Gasteiger partial charge in [0.2, 0.25) is 0 Å². The van der Waals surface area contributed by atoms with Gasteiger partial charge in [0.1, 0.15) is 5.69 Å². The average Bonchev–Trinajstić information content (AvgIpc) is 3.40. The minimum atomic E-state index is -0.286. The fourth-order valence-electron chi connectivity index (χ4n) is 3.85. The topological polar surface area (TPSA) is 76.6 Å². The summed E-state index contributed by atoms with van der Waals surface area (Å²) in [5, 5.41) is 7.76. The Morgan fingerprint density at radius 1 is 1.00 bits per heavy atom. The molecule has 1 aliphatic rings. The third kappa shape index (κ3) is 2.55. The van der Waals surface area contributed by atoms with E-state index in [2.05, 4.69) is 72.5 Å². The highest BCUT2D eigenvalue weighted by Crippen LogP contribution is 2.43. The number of hydrogen-bond donors (Lipinski definition) is 1. The summed E-state index contributed by atoms with van der Waals surface area (Å²) in [6.07, 6.45) is 8.83. The van der Waals surface area contributed by atoms with E-state index in [4.69, 9.17) is 4.74 Å². The van der Waals surface area contributed by atoms with Crippen LogP contribution in [-0.4, -0.2) is 31.0 Å². The molecule has 138 valence electrons. The second-order valence-electron chi connectivity index (χ2n) is 6.67. The van der Waals surface area contributed by atoms with E-state index in [9.17, 15) is 0 Å². The molecule has 6 nitrogen and oxygen atoms in total. The van der Waals surface area contributed by atoms with E-state index in [0.717, 1.165) is 35.1 Å². The van der Waals surface area contributed by atoms with Crippen LogP contribution in [0.15, 0.2) is 60.9 Å². The average molecular weight is 387 g/mol. The molecule has 0 spiro atoms. The Bertz CT molecular complexity index is 1090. The molecule has 1 aliphatic carbocycles. The van der Waals surface area contributed by atoms with E-state index >= 15 is 0 Å². The van der Waals surface area contributed by atoms with Crippen molar-refractivity contribution in [1.82, 2.24) is 23.9 Å². The Labute approximate surface area is 166 Å². The smallest absolute Gasteiger partial charge is 0.255 e. The zero-order chi connectivity index (χ0) is 19.0. The Morgan fingerprint density at radius 3 is 2.57 bits per heavy atom. The van der Waals surface area contributed by atoms with Crippen LogP contribution in [-0.2, 0) is 11.8 Å². The first-order valence-electron chi connectivity index (χ1n) is 8.91. The molecule has 5 rings (SSSR count). The van der Waals surface area contributed by atoms with Crippen molar-refractivity contribution in [2.24, 2.45) is 0 Å². The van der Waals surface area contributed by atoms with Gasteiger partial charge in [-0.3, -0.25) is 10.1 Å². The lowest BCUT2D eigenvalue weighted by atomic mass is 9.68. The number of aromatic nitrogens is 5. The Kier molecular flexibility index (Phi) is 4.02. The van der Waals surface area contributed by atoms with Gasteiger partial charge < -0.3 is 4.74 Å². The van der Waals surface area contributed by atoms with Crippen molar-refractivity contribution < 1.29 is 4.74 Å². The molecule has 3 heterocycles. The molecule has 28 heavy (non-hydrogen) atoms. The van der Waals surface area contributed by atoms with Gasteiger partial charge in [-0.2, -0.15) is 9.47 Å². The van der Waals surface area contributed by atoms with Gasteiger partial charge in [-0.1, -0.05) is 42.5 Å². The zero-order valence-corrected chi connectivity index (χ0v) is 16.0. The predicted molar refractivity (Wildman–Crippen MR) is 108 cm³/mol. The fourth-order valence-corrected chi connectivity index (χ4v) is 4.37. The summed E-state index contributed by atoms with van der Waals surface area (Å²) in [6.45, 7) is 0. The molecule has 0 amide bonds. The number of benzene rings is 1. The van der Waals surface area contributed by atoms with Crippen molar-refractivity contribution in [2.75, 3.05) is 7.11 Å². The second kappa shape index (κ2) is 6.69. The van der Waals surface area contributed by atoms with Crippen LogP contribution in [0, 0.1) is 0 Å². The molecule has 7 heteroatoms. The van der Waals surface area contributed by atoms with E-state index in [1.807, 2.05) is 18.5 Å². The predicted octanol–water partition coefficient (Wildman–Crippen LogP) is 3.89. The molecule has 4 aromatic rings. The third-order valence-electron chi connectivity index (χ3n) is 5.23. The standard InChI is InChI=1S/C21H17N5OS/c1-27-20-19(25-28-26-20)18-16-7-10-21(13-17(16)23-24-18,14-5-3-2-4-6-14)15-8-11-22-12-9-15/h2-12H,13H2,1H3,(H,23,24). The van der Waals surface area contributed by atoms with E-state index in [1.165, 1.54) is 11.1 Å². The van der Waals surface area contributed by atoms with Gasteiger partial charge in [-0.25, -0.2) is 0 Å². The van der Waals surface area contributed by atoms with Crippen LogP contribution < -0.4 is 4.74 Å². The number of pyridine rings is 1. The molecule has 3 aromatic heterocycles. The summed E-state index contributed by atoms with van der Waals surface area (Å²) in [7, 11) is 1.60. The van der Waals surface area contributed by atoms with Gasteiger partial charge in [0.05, 0.1) is 18.8 Å². The van der Waals surface area contributed by atoms with Crippen LogP contribution in [0.4, 0.5) is 0 Å². The molecule has 1 aromatic carbocycles. The van der Waals surface area contributed by atoms with E-state index < -0.39 is 0 Å². The third-order valence-corrected chi connectivity index (χ3v) is 5.75. The van der Waals surface area contributed by atoms with Crippen LogP contribution in [0.25, 0.3) is 17.5 Å². The number of hydrogen-bond acceptors (Lipinski definition) is 6. The first kappa shape index (κ1) is 16.8. The van der Waals surface area contributed by atoms with Crippen LogP contribution in [0.1, 0.15) is 22.4 Å². The van der Waals surface area contributed by atoms with Crippen molar-refractivity contribution in [3.05, 3.63) is 83.3 Å². The summed E-state index contributed by atoms with van der Waals surface area (Å²) in [6, 6.07) is 14.7. The van der Waals surface area contributed by atoms with Crippen molar-refractivity contribution in [3.63, 3.8) is 0 Å². The summed E-state index contributed by atoms with van der Waals surface area (Å²) in [4.78, 5) is 4.19. The number of rotatable bonds is 4. The minimum absolute atomic E-state index is 0.286. The summed E-state index contributed by atoms with van der Waals surface area (Å²) in [5.74, 6) is 0.502. The second-order valence-corrected chi connectivity index (χ2v) is 7.20. The maximum atomic E-state index is 5.33. The minimum Gasteiger partial charge on any atom is -0.479 e. The maximum Gasteiger partial charge on any atom is 0.255 e. The molecule has 0 saturated heterocycles. The van der Waals surface area contributed by atoms with Gasteiger partial charge in [0.25, 0.3) is 5.88 Å². The SMILES string of the molecule is COc1nsnc1-c1n[nH]c2c1C=CC(c1ccccc1)(c1ccncc1)C2. The maximum absolute atomic E-state index is 5.33. The quantitative estimate of drug-likeness (QED) is 0.575. The Balaban J connectivity index is 1.65. The fraction of sp³-hybridized carbons (Fsp3) is 0.143. The van der Waals surface area contributed by atoms with Crippen molar-refractivity contribution >= 4 is 17.8 Å². The van der Waals surface area contributed by atoms with E-state index in [1.54, 1.807) is 7.11 Å². The van der Waals surface area contributed by atoms with Crippen LogP contribution in [0.2, 0.25) is 0 Å². The van der Waals surface area contributed by atoms with E-state index in [0.29, 0.717) is 11.6 Å². The van der Waals surface area contributed by atoms with Gasteiger partial charge >= 0.3 is 0 Å². The molecule has 1 unspecified atom stereocenters. The summed E-state index contributed by atoms with van der Waals surface area (Å²) >= 11 is 1.12. The number of allylic oxidation sites excluding steroid dienone is 1. The van der Waals surface area contributed by atoms with Gasteiger partial charge in [0, 0.05) is 35.5 Å². The number of fused-ring (bicyclic) bond motifs is 1. The van der Waals surface area contributed by atoms with Crippen molar-refractivity contribution in [1.29, 1.82) is 0 Å².